The molecule has 0 aromatic heterocycles. The number of amides is 2. The van der Waals surface area contributed by atoms with Crippen molar-refractivity contribution in [2.45, 2.75) is 38.0 Å². The maximum Gasteiger partial charge on any atom is 0.406 e. The first-order valence-electron chi connectivity index (χ1n) is 8.25. The van der Waals surface area contributed by atoms with Crippen molar-refractivity contribution in [3.63, 3.8) is 0 Å². The Morgan fingerprint density at radius 1 is 1.29 bits per heavy atom. The molecule has 0 bridgehead atoms. The Hall–Kier alpha value is -1.35. The molecule has 2 fully saturated rings. The minimum Gasteiger partial charge on any atom is -0.378 e. The molecule has 0 aromatic rings. The fourth-order valence-electron chi connectivity index (χ4n) is 3.14. The summed E-state index contributed by atoms with van der Waals surface area (Å²) in [5.74, 6) is -1.51. The lowest BCUT2D eigenvalue weighted by atomic mass is 10.0. The molecule has 2 amide bonds. The highest BCUT2D eigenvalue weighted by Gasteiger charge is 2.42. The summed E-state index contributed by atoms with van der Waals surface area (Å²) in [5.41, 5.74) is 5.40. The SMILES string of the molecule is NCCCOC1CCN(C(=O)C2CC(=O)N(CC(F)(F)F)C2)CC1. The predicted molar refractivity (Wildman–Crippen MR) is 80.0 cm³/mol. The molecule has 2 N–H and O–H groups in total. The Kier molecular flexibility index (Phi) is 6.45. The van der Waals surface area contributed by atoms with Gasteiger partial charge in [0.1, 0.15) is 6.54 Å². The first-order valence-corrected chi connectivity index (χ1v) is 8.25. The molecule has 2 heterocycles. The number of halogens is 3. The van der Waals surface area contributed by atoms with E-state index in [2.05, 4.69) is 0 Å². The van der Waals surface area contributed by atoms with Gasteiger partial charge in [-0.15, -0.1) is 0 Å². The number of piperidine rings is 1. The van der Waals surface area contributed by atoms with Crippen LogP contribution in [0.3, 0.4) is 0 Å². The molecule has 0 aliphatic carbocycles. The summed E-state index contributed by atoms with van der Waals surface area (Å²) in [6, 6.07) is 0. The third kappa shape index (κ3) is 5.34. The maximum absolute atomic E-state index is 12.4. The molecule has 9 heteroatoms. The molecule has 138 valence electrons. The van der Waals surface area contributed by atoms with E-state index in [1.165, 1.54) is 0 Å². The second-order valence-corrected chi connectivity index (χ2v) is 6.33. The number of alkyl halides is 3. The number of rotatable bonds is 6. The molecule has 1 atom stereocenters. The Labute approximate surface area is 139 Å². The largest absolute Gasteiger partial charge is 0.406 e. The highest BCUT2D eigenvalue weighted by molar-refractivity contribution is 5.89. The number of hydrogen-bond donors (Lipinski definition) is 1. The second-order valence-electron chi connectivity index (χ2n) is 6.33. The van der Waals surface area contributed by atoms with Crippen molar-refractivity contribution in [3.8, 4) is 0 Å². The fraction of sp³-hybridized carbons (Fsp3) is 0.867. The summed E-state index contributed by atoms with van der Waals surface area (Å²) in [6.45, 7) is 0.753. The third-order valence-corrected chi connectivity index (χ3v) is 4.39. The van der Waals surface area contributed by atoms with Crippen molar-refractivity contribution >= 4 is 11.8 Å². The first-order chi connectivity index (χ1) is 11.3. The van der Waals surface area contributed by atoms with Crippen LogP contribution >= 0.6 is 0 Å². The Bertz CT molecular complexity index is 451. The van der Waals surface area contributed by atoms with Gasteiger partial charge in [0, 0.05) is 32.7 Å². The minimum atomic E-state index is -4.44. The summed E-state index contributed by atoms with van der Waals surface area (Å²) >= 11 is 0. The van der Waals surface area contributed by atoms with Crippen LogP contribution in [0.2, 0.25) is 0 Å². The highest BCUT2D eigenvalue weighted by Crippen LogP contribution is 2.26. The molecule has 6 nitrogen and oxygen atoms in total. The van der Waals surface area contributed by atoms with Crippen LogP contribution in [0.4, 0.5) is 13.2 Å². The van der Waals surface area contributed by atoms with Crippen LogP contribution in [0.5, 0.6) is 0 Å². The number of likely N-dealkylation sites (tertiary alicyclic amines) is 2. The number of carbonyl (C=O) groups excluding carboxylic acids is 2. The molecule has 0 radical (unpaired) electrons. The summed E-state index contributed by atoms with van der Waals surface area (Å²) in [4.78, 5) is 26.5. The van der Waals surface area contributed by atoms with Crippen molar-refractivity contribution in [2.24, 2.45) is 11.7 Å². The Balaban J connectivity index is 1.78. The van der Waals surface area contributed by atoms with E-state index in [-0.39, 0.29) is 25.0 Å². The minimum absolute atomic E-state index is 0.0903. The zero-order chi connectivity index (χ0) is 17.7. The van der Waals surface area contributed by atoms with Gasteiger partial charge in [0.25, 0.3) is 0 Å². The Morgan fingerprint density at radius 2 is 1.96 bits per heavy atom. The molecule has 0 aromatic carbocycles. The zero-order valence-corrected chi connectivity index (χ0v) is 13.6. The predicted octanol–water partition coefficient (Wildman–Crippen LogP) is 0.754. The summed E-state index contributed by atoms with van der Waals surface area (Å²) in [6.07, 6.45) is -2.30. The van der Waals surface area contributed by atoms with Gasteiger partial charge in [-0.25, -0.2) is 0 Å². The van der Waals surface area contributed by atoms with Gasteiger partial charge in [-0.3, -0.25) is 9.59 Å². The van der Waals surface area contributed by atoms with Crippen LogP contribution in [0.15, 0.2) is 0 Å². The van der Waals surface area contributed by atoms with Crippen molar-refractivity contribution in [1.82, 2.24) is 9.80 Å². The van der Waals surface area contributed by atoms with Gasteiger partial charge in [-0.1, -0.05) is 0 Å². The number of carbonyl (C=O) groups is 2. The van der Waals surface area contributed by atoms with Crippen molar-refractivity contribution < 1.29 is 27.5 Å². The van der Waals surface area contributed by atoms with Gasteiger partial charge >= 0.3 is 6.18 Å². The van der Waals surface area contributed by atoms with Crippen LogP contribution in [0, 0.1) is 5.92 Å². The molecule has 2 aliphatic rings. The van der Waals surface area contributed by atoms with Crippen molar-refractivity contribution in [3.05, 3.63) is 0 Å². The molecular formula is C15H24F3N3O3. The lowest BCUT2D eigenvalue weighted by Crippen LogP contribution is -2.44. The standard InChI is InChI=1S/C15H24F3N3O3/c16-15(17,18)10-21-9-11(8-13(21)22)14(23)20-5-2-12(3-6-20)24-7-1-4-19/h11-12H,1-10,19H2. The summed E-state index contributed by atoms with van der Waals surface area (Å²) in [5, 5.41) is 0. The third-order valence-electron chi connectivity index (χ3n) is 4.39. The average molecular weight is 351 g/mol. The maximum atomic E-state index is 12.4. The summed E-state index contributed by atoms with van der Waals surface area (Å²) < 4.78 is 42.9. The van der Waals surface area contributed by atoms with E-state index in [0.29, 0.717) is 39.1 Å². The smallest absolute Gasteiger partial charge is 0.378 e. The molecule has 2 saturated heterocycles. The van der Waals surface area contributed by atoms with Gasteiger partial charge < -0.3 is 20.3 Å². The molecule has 1 unspecified atom stereocenters. The normalized spacial score (nSPS) is 23.2. The number of ether oxygens (including phenoxy) is 1. The van der Waals surface area contributed by atoms with Gasteiger partial charge in [-0.2, -0.15) is 13.2 Å². The molecular weight excluding hydrogens is 327 g/mol. The monoisotopic (exact) mass is 351 g/mol. The van der Waals surface area contributed by atoms with E-state index in [1.807, 2.05) is 0 Å². The van der Waals surface area contributed by atoms with E-state index >= 15 is 0 Å². The van der Waals surface area contributed by atoms with Crippen LogP contribution in [0.25, 0.3) is 0 Å². The van der Waals surface area contributed by atoms with Crippen molar-refractivity contribution in [2.75, 3.05) is 39.3 Å². The van der Waals surface area contributed by atoms with E-state index < -0.39 is 24.5 Å². The van der Waals surface area contributed by atoms with Crippen LogP contribution in [0.1, 0.15) is 25.7 Å². The average Bonchev–Trinajstić information content (AvgIpc) is 2.87. The van der Waals surface area contributed by atoms with Gasteiger partial charge in [-0.05, 0) is 25.8 Å². The summed E-state index contributed by atoms with van der Waals surface area (Å²) in [7, 11) is 0. The van der Waals surface area contributed by atoms with Gasteiger partial charge in [0.2, 0.25) is 11.8 Å². The molecule has 0 saturated carbocycles. The van der Waals surface area contributed by atoms with Crippen LogP contribution < -0.4 is 5.73 Å². The lowest BCUT2D eigenvalue weighted by Gasteiger charge is -2.33. The zero-order valence-electron chi connectivity index (χ0n) is 13.6. The van der Waals surface area contributed by atoms with E-state index in [9.17, 15) is 22.8 Å². The Morgan fingerprint density at radius 3 is 2.54 bits per heavy atom. The lowest BCUT2D eigenvalue weighted by molar-refractivity contribution is -0.157. The second kappa shape index (κ2) is 8.15. The van der Waals surface area contributed by atoms with Crippen LogP contribution in [-0.2, 0) is 14.3 Å². The highest BCUT2D eigenvalue weighted by atomic mass is 19.4. The molecule has 2 aliphatic heterocycles. The fourth-order valence-corrected chi connectivity index (χ4v) is 3.14. The van der Waals surface area contributed by atoms with E-state index in [0.717, 1.165) is 11.3 Å². The topological polar surface area (TPSA) is 75.9 Å². The van der Waals surface area contributed by atoms with E-state index in [4.69, 9.17) is 10.5 Å². The molecule has 0 spiro atoms. The molecule has 24 heavy (non-hydrogen) atoms. The quantitative estimate of drug-likeness (QED) is 0.717. The van der Waals surface area contributed by atoms with Crippen LogP contribution in [-0.4, -0.2) is 73.2 Å². The number of nitrogens with two attached hydrogens (primary N) is 1. The number of hydrogen-bond acceptors (Lipinski definition) is 4. The first kappa shape index (κ1) is 19.0. The van der Waals surface area contributed by atoms with Gasteiger partial charge in [0.15, 0.2) is 0 Å². The van der Waals surface area contributed by atoms with E-state index in [1.54, 1.807) is 4.90 Å². The van der Waals surface area contributed by atoms with Gasteiger partial charge in [0.05, 0.1) is 12.0 Å². The molecule has 2 rings (SSSR count). The van der Waals surface area contributed by atoms with Crippen molar-refractivity contribution in [1.29, 1.82) is 0 Å². The number of nitrogens with zero attached hydrogens (tertiary/aromatic N) is 2.